The molecule has 0 radical (unpaired) electrons. The highest BCUT2D eigenvalue weighted by molar-refractivity contribution is 5.28. The molecule has 1 rings (SSSR count). The highest BCUT2D eigenvalue weighted by Gasteiger charge is 2.14. The molecule has 0 fully saturated rings. The van der Waals surface area contributed by atoms with Crippen molar-refractivity contribution in [1.82, 2.24) is 0 Å². The van der Waals surface area contributed by atoms with Gasteiger partial charge in [0.1, 0.15) is 5.75 Å². The summed E-state index contributed by atoms with van der Waals surface area (Å²) in [4.78, 5) is 0. The van der Waals surface area contributed by atoms with Crippen LogP contribution in [0.3, 0.4) is 0 Å². The van der Waals surface area contributed by atoms with E-state index in [-0.39, 0.29) is 0 Å². The fourth-order valence-corrected chi connectivity index (χ4v) is 1.49. The highest BCUT2D eigenvalue weighted by atomic mass is 16.5. The Hall–Kier alpha value is -0.980. The molecule has 84 valence electrons. The van der Waals surface area contributed by atoms with Gasteiger partial charge < -0.3 is 4.74 Å². The zero-order valence-corrected chi connectivity index (χ0v) is 10.3. The van der Waals surface area contributed by atoms with Crippen LogP contribution in [0.1, 0.15) is 39.2 Å². The molecule has 0 N–H and O–H groups in total. The summed E-state index contributed by atoms with van der Waals surface area (Å²) < 4.78 is 5.21. The molecule has 0 amide bonds. The molecule has 0 bridgehead atoms. The maximum absolute atomic E-state index is 5.21. The third kappa shape index (κ3) is 3.94. The van der Waals surface area contributed by atoms with Gasteiger partial charge in [-0.15, -0.1) is 0 Å². The van der Waals surface area contributed by atoms with E-state index in [1.807, 2.05) is 6.07 Å². The third-order valence-corrected chi connectivity index (χ3v) is 3.18. The lowest BCUT2D eigenvalue weighted by molar-refractivity contribution is 0.322. The molecule has 0 saturated carbocycles. The number of hydrogen-bond donors (Lipinski definition) is 0. The second kappa shape index (κ2) is 5.20. The van der Waals surface area contributed by atoms with E-state index >= 15 is 0 Å². The molecular formula is C14H22O. The first-order valence-corrected chi connectivity index (χ1v) is 5.70. The zero-order chi connectivity index (χ0) is 11.3. The lowest BCUT2D eigenvalue weighted by Crippen LogP contribution is -2.10. The fourth-order valence-electron chi connectivity index (χ4n) is 1.49. The van der Waals surface area contributed by atoms with Crippen molar-refractivity contribution in [1.29, 1.82) is 0 Å². The summed E-state index contributed by atoms with van der Waals surface area (Å²) in [6, 6.07) is 8.36. The molecule has 0 aliphatic carbocycles. The Morgan fingerprint density at radius 2 is 2.00 bits per heavy atom. The van der Waals surface area contributed by atoms with Crippen LogP contribution in [0, 0.1) is 5.41 Å². The van der Waals surface area contributed by atoms with Gasteiger partial charge >= 0.3 is 0 Å². The van der Waals surface area contributed by atoms with Gasteiger partial charge in [-0.1, -0.05) is 39.3 Å². The van der Waals surface area contributed by atoms with Gasteiger partial charge in [0.05, 0.1) is 7.11 Å². The van der Waals surface area contributed by atoms with E-state index in [4.69, 9.17) is 4.74 Å². The van der Waals surface area contributed by atoms with Gasteiger partial charge in [-0.3, -0.25) is 0 Å². The van der Waals surface area contributed by atoms with Gasteiger partial charge in [-0.2, -0.15) is 0 Å². The predicted molar refractivity (Wildman–Crippen MR) is 65.4 cm³/mol. The Kier molecular flexibility index (Phi) is 4.19. The predicted octanol–water partition coefficient (Wildman–Crippen LogP) is 4.06. The van der Waals surface area contributed by atoms with Crippen LogP contribution in [0.2, 0.25) is 0 Å². The number of methoxy groups -OCH3 is 1. The molecule has 1 aromatic carbocycles. The molecule has 0 aliphatic rings. The van der Waals surface area contributed by atoms with E-state index < -0.39 is 0 Å². The van der Waals surface area contributed by atoms with Crippen LogP contribution in [0.25, 0.3) is 0 Å². The molecule has 0 heterocycles. The van der Waals surface area contributed by atoms with Crippen LogP contribution in [0.15, 0.2) is 24.3 Å². The minimum atomic E-state index is 0.447. The van der Waals surface area contributed by atoms with E-state index in [0.717, 1.165) is 12.2 Å². The van der Waals surface area contributed by atoms with E-state index in [2.05, 4.69) is 39.0 Å². The Bertz CT molecular complexity index is 302. The molecule has 15 heavy (non-hydrogen) atoms. The molecule has 0 spiro atoms. The van der Waals surface area contributed by atoms with Crippen LogP contribution in [0.4, 0.5) is 0 Å². The van der Waals surface area contributed by atoms with E-state index in [0.29, 0.717) is 5.41 Å². The third-order valence-electron chi connectivity index (χ3n) is 3.18. The topological polar surface area (TPSA) is 9.23 Å². The van der Waals surface area contributed by atoms with Crippen LogP contribution in [-0.2, 0) is 6.42 Å². The van der Waals surface area contributed by atoms with Crippen LogP contribution in [-0.4, -0.2) is 7.11 Å². The van der Waals surface area contributed by atoms with Gasteiger partial charge in [0.25, 0.3) is 0 Å². The summed E-state index contributed by atoms with van der Waals surface area (Å²) >= 11 is 0. The summed E-state index contributed by atoms with van der Waals surface area (Å²) in [6.45, 7) is 6.91. The van der Waals surface area contributed by atoms with Crippen LogP contribution < -0.4 is 4.74 Å². The molecule has 1 nitrogen and oxygen atoms in total. The Morgan fingerprint density at radius 3 is 2.60 bits per heavy atom. The molecular weight excluding hydrogens is 184 g/mol. The Labute approximate surface area is 93.5 Å². The quantitative estimate of drug-likeness (QED) is 0.705. The van der Waals surface area contributed by atoms with Crippen molar-refractivity contribution in [2.45, 2.75) is 40.0 Å². The SMILES string of the molecule is CCC(C)(C)CCc1cccc(OC)c1. The summed E-state index contributed by atoms with van der Waals surface area (Å²) in [5, 5.41) is 0. The second-order valence-corrected chi connectivity index (χ2v) is 4.87. The maximum atomic E-state index is 5.21. The largest absolute Gasteiger partial charge is 0.497 e. The van der Waals surface area contributed by atoms with Crippen molar-refractivity contribution >= 4 is 0 Å². The van der Waals surface area contributed by atoms with Crippen molar-refractivity contribution in [2.75, 3.05) is 7.11 Å². The van der Waals surface area contributed by atoms with E-state index in [1.54, 1.807) is 7.11 Å². The molecule has 0 aliphatic heterocycles. The van der Waals surface area contributed by atoms with Crippen LogP contribution in [0.5, 0.6) is 5.75 Å². The summed E-state index contributed by atoms with van der Waals surface area (Å²) in [5.74, 6) is 0.960. The number of rotatable bonds is 5. The molecule has 0 aromatic heterocycles. The molecule has 0 unspecified atom stereocenters. The minimum Gasteiger partial charge on any atom is -0.497 e. The van der Waals surface area contributed by atoms with Gasteiger partial charge in [-0.05, 0) is 36.0 Å². The second-order valence-electron chi connectivity index (χ2n) is 4.87. The normalized spacial score (nSPS) is 11.5. The van der Waals surface area contributed by atoms with Crippen molar-refractivity contribution < 1.29 is 4.74 Å². The zero-order valence-electron chi connectivity index (χ0n) is 10.3. The summed E-state index contributed by atoms with van der Waals surface area (Å²) in [5.41, 5.74) is 1.82. The molecule has 0 saturated heterocycles. The summed E-state index contributed by atoms with van der Waals surface area (Å²) in [6.07, 6.45) is 3.60. The van der Waals surface area contributed by atoms with Crippen molar-refractivity contribution in [3.8, 4) is 5.75 Å². The molecule has 0 atom stereocenters. The monoisotopic (exact) mass is 206 g/mol. The van der Waals surface area contributed by atoms with Gasteiger partial charge in [-0.25, -0.2) is 0 Å². The van der Waals surface area contributed by atoms with Crippen LogP contribution >= 0.6 is 0 Å². The lowest BCUT2D eigenvalue weighted by atomic mass is 9.84. The van der Waals surface area contributed by atoms with Crippen molar-refractivity contribution in [3.63, 3.8) is 0 Å². The first kappa shape index (κ1) is 12.1. The number of hydrogen-bond acceptors (Lipinski definition) is 1. The number of benzene rings is 1. The average molecular weight is 206 g/mol. The van der Waals surface area contributed by atoms with Crippen molar-refractivity contribution in [2.24, 2.45) is 5.41 Å². The first-order valence-electron chi connectivity index (χ1n) is 5.70. The summed E-state index contributed by atoms with van der Waals surface area (Å²) in [7, 11) is 1.72. The van der Waals surface area contributed by atoms with E-state index in [9.17, 15) is 0 Å². The maximum Gasteiger partial charge on any atom is 0.119 e. The van der Waals surface area contributed by atoms with E-state index in [1.165, 1.54) is 18.4 Å². The van der Waals surface area contributed by atoms with Gasteiger partial charge in [0.2, 0.25) is 0 Å². The van der Waals surface area contributed by atoms with Gasteiger partial charge in [0.15, 0.2) is 0 Å². The minimum absolute atomic E-state index is 0.447. The highest BCUT2D eigenvalue weighted by Crippen LogP contribution is 2.27. The average Bonchev–Trinajstić information content (AvgIpc) is 2.27. The first-order chi connectivity index (χ1) is 7.07. The standard InChI is InChI=1S/C14H22O/c1-5-14(2,3)10-9-12-7-6-8-13(11-12)15-4/h6-8,11H,5,9-10H2,1-4H3. The smallest absolute Gasteiger partial charge is 0.119 e. The number of ether oxygens (including phenoxy) is 1. The van der Waals surface area contributed by atoms with Gasteiger partial charge in [0, 0.05) is 0 Å². The Morgan fingerprint density at radius 1 is 1.27 bits per heavy atom. The molecule has 1 heteroatoms. The Balaban J connectivity index is 2.57. The lowest BCUT2D eigenvalue weighted by Gasteiger charge is -2.22. The molecule has 1 aromatic rings. The fraction of sp³-hybridized carbons (Fsp3) is 0.571. The number of aryl methyl sites for hydroxylation is 1. The van der Waals surface area contributed by atoms with Crippen molar-refractivity contribution in [3.05, 3.63) is 29.8 Å².